The summed E-state index contributed by atoms with van der Waals surface area (Å²) in [6, 6.07) is 4.10. The lowest BCUT2D eigenvalue weighted by atomic mass is 9.78. The van der Waals surface area contributed by atoms with Gasteiger partial charge in [0, 0.05) is 6.42 Å². The molecule has 0 aliphatic heterocycles. The maximum atomic E-state index is 11.2. The van der Waals surface area contributed by atoms with Gasteiger partial charge in [0.05, 0.1) is 0 Å². The molecule has 0 unspecified atom stereocenters. The molecule has 1 aromatic rings. The first-order valence-electron chi connectivity index (χ1n) is 7.29. The zero-order valence-electron chi connectivity index (χ0n) is 13.9. The van der Waals surface area contributed by atoms with Gasteiger partial charge in [-0.05, 0) is 40.9 Å². The van der Waals surface area contributed by atoms with Crippen molar-refractivity contribution in [3.8, 4) is 5.75 Å². The van der Waals surface area contributed by atoms with Crippen LogP contribution in [0.3, 0.4) is 0 Å². The van der Waals surface area contributed by atoms with Gasteiger partial charge in [0.2, 0.25) is 0 Å². The molecule has 0 fully saturated rings. The molecule has 0 amide bonds. The molecule has 0 spiro atoms. The predicted molar refractivity (Wildman–Crippen MR) is 84.5 cm³/mol. The van der Waals surface area contributed by atoms with E-state index in [-0.39, 0.29) is 16.6 Å². The second-order valence-corrected chi connectivity index (χ2v) is 7.74. The molecular weight excluding hydrogens is 248 g/mol. The van der Waals surface area contributed by atoms with E-state index in [9.17, 15) is 9.90 Å². The first kappa shape index (κ1) is 16.7. The third-order valence-electron chi connectivity index (χ3n) is 3.55. The van der Waals surface area contributed by atoms with Crippen molar-refractivity contribution in [2.24, 2.45) is 0 Å². The third kappa shape index (κ3) is 4.09. The van der Waals surface area contributed by atoms with Crippen molar-refractivity contribution in [3.05, 3.63) is 28.8 Å². The SMILES string of the molecule is CC(=O)CCc1cc(C(C)(C)C)c(O)c(C(C)(C)C)c1. The monoisotopic (exact) mass is 276 g/mol. The van der Waals surface area contributed by atoms with Gasteiger partial charge in [-0.15, -0.1) is 0 Å². The summed E-state index contributed by atoms with van der Waals surface area (Å²) >= 11 is 0. The highest BCUT2D eigenvalue weighted by Crippen LogP contribution is 2.39. The number of aromatic hydroxyl groups is 1. The van der Waals surface area contributed by atoms with Crippen molar-refractivity contribution < 1.29 is 9.90 Å². The number of ketones is 1. The molecule has 0 aliphatic carbocycles. The van der Waals surface area contributed by atoms with Crippen LogP contribution in [0.4, 0.5) is 0 Å². The zero-order chi connectivity index (χ0) is 15.7. The Balaban J connectivity index is 3.38. The van der Waals surface area contributed by atoms with Gasteiger partial charge in [0.1, 0.15) is 11.5 Å². The predicted octanol–water partition coefficient (Wildman–Crippen LogP) is 4.51. The lowest BCUT2D eigenvalue weighted by Crippen LogP contribution is -2.18. The Kier molecular flexibility index (Phi) is 4.68. The number of benzene rings is 1. The van der Waals surface area contributed by atoms with E-state index in [1.165, 1.54) is 0 Å². The van der Waals surface area contributed by atoms with E-state index < -0.39 is 0 Å². The van der Waals surface area contributed by atoms with E-state index in [1.54, 1.807) is 6.92 Å². The summed E-state index contributed by atoms with van der Waals surface area (Å²) in [5.41, 5.74) is 2.83. The summed E-state index contributed by atoms with van der Waals surface area (Å²) in [6.07, 6.45) is 1.29. The van der Waals surface area contributed by atoms with Gasteiger partial charge in [-0.25, -0.2) is 0 Å². The van der Waals surface area contributed by atoms with Crippen molar-refractivity contribution >= 4 is 5.78 Å². The highest BCUT2D eigenvalue weighted by Gasteiger charge is 2.26. The first-order chi connectivity index (χ1) is 8.93. The minimum absolute atomic E-state index is 0.115. The summed E-state index contributed by atoms with van der Waals surface area (Å²) < 4.78 is 0. The van der Waals surface area contributed by atoms with E-state index in [2.05, 4.69) is 41.5 Å². The molecule has 2 nitrogen and oxygen atoms in total. The molecule has 1 N–H and O–H groups in total. The quantitative estimate of drug-likeness (QED) is 0.882. The fraction of sp³-hybridized carbons (Fsp3) is 0.611. The van der Waals surface area contributed by atoms with Gasteiger partial charge < -0.3 is 9.90 Å². The van der Waals surface area contributed by atoms with Crippen LogP contribution >= 0.6 is 0 Å². The molecule has 1 rings (SSSR count). The van der Waals surface area contributed by atoms with Gasteiger partial charge in [0.25, 0.3) is 0 Å². The number of hydrogen-bond donors (Lipinski definition) is 1. The number of Topliss-reactive ketones (excluding diaryl/α,β-unsaturated/α-hetero) is 1. The fourth-order valence-corrected chi connectivity index (χ4v) is 2.30. The highest BCUT2D eigenvalue weighted by molar-refractivity contribution is 5.75. The van der Waals surface area contributed by atoms with Crippen LogP contribution < -0.4 is 0 Å². The number of rotatable bonds is 3. The average molecular weight is 276 g/mol. The first-order valence-corrected chi connectivity index (χ1v) is 7.29. The van der Waals surface area contributed by atoms with Crippen LogP contribution in [0.25, 0.3) is 0 Å². The van der Waals surface area contributed by atoms with Gasteiger partial charge >= 0.3 is 0 Å². The molecule has 2 heteroatoms. The van der Waals surface area contributed by atoms with Crippen molar-refractivity contribution in [1.82, 2.24) is 0 Å². The molecule has 20 heavy (non-hydrogen) atoms. The van der Waals surface area contributed by atoms with Crippen molar-refractivity contribution in [2.75, 3.05) is 0 Å². The summed E-state index contributed by atoms with van der Waals surface area (Å²) in [5, 5.41) is 10.6. The molecule has 0 saturated heterocycles. The minimum Gasteiger partial charge on any atom is -0.507 e. The van der Waals surface area contributed by atoms with Gasteiger partial charge in [0.15, 0.2) is 0 Å². The smallest absolute Gasteiger partial charge is 0.130 e. The van der Waals surface area contributed by atoms with E-state index in [1.807, 2.05) is 12.1 Å². The van der Waals surface area contributed by atoms with Crippen LogP contribution in [0, 0.1) is 0 Å². The molecular formula is C18H28O2. The van der Waals surface area contributed by atoms with E-state index in [0.29, 0.717) is 12.2 Å². The summed E-state index contributed by atoms with van der Waals surface area (Å²) in [6.45, 7) is 14.2. The second kappa shape index (κ2) is 5.59. The van der Waals surface area contributed by atoms with E-state index in [4.69, 9.17) is 0 Å². The largest absolute Gasteiger partial charge is 0.507 e. The second-order valence-electron chi connectivity index (χ2n) is 7.74. The van der Waals surface area contributed by atoms with Crippen LogP contribution in [-0.4, -0.2) is 10.9 Å². The van der Waals surface area contributed by atoms with Crippen molar-refractivity contribution in [2.45, 2.75) is 72.1 Å². The van der Waals surface area contributed by atoms with Gasteiger partial charge in [-0.1, -0.05) is 53.7 Å². The Bertz CT molecular complexity index is 464. The molecule has 0 aliphatic rings. The van der Waals surface area contributed by atoms with Crippen LogP contribution in [0.1, 0.15) is 71.6 Å². The average Bonchev–Trinajstić information content (AvgIpc) is 2.24. The molecule has 112 valence electrons. The number of aryl methyl sites for hydroxylation is 1. The van der Waals surface area contributed by atoms with E-state index in [0.717, 1.165) is 23.1 Å². The summed E-state index contributed by atoms with van der Waals surface area (Å²) in [5.74, 6) is 0.601. The van der Waals surface area contributed by atoms with Gasteiger partial charge in [-0.2, -0.15) is 0 Å². The maximum Gasteiger partial charge on any atom is 0.130 e. The fourth-order valence-electron chi connectivity index (χ4n) is 2.30. The van der Waals surface area contributed by atoms with Crippen LogP contribution in [0.15, 0.2) is 12.1 Å². The Morgan fingerprint density at radius 3 is 1.70 bits per heavy atom. The normalized spacial score (nSPS) is 12.6. The zero-order valence-corrected chi connectivity index (χ0v) is 13.9. The number of hydrogen-bond acceptors (Lipinski definition) is 2. The van der Waals surface area contributed by atoms with Crippen molar-refractivity contribution in [1.29, 1.82) is 0 Å². The Morgan fingerprint density at radius 1 is 1.00 bits per heavy atom. The minimum atomic E-state index is -0.115. The Hall–Kier alpha value is -1.31. The number of carbonyl (C=O) groups excluding carboxylic acids is 1. The lowest BCUT2D eigenvalue weighted by Gasteiger charge is -2.28. The molecule has 1 aromatic carbocycles. The number of carbonyl (C=O) groups is 1. The molecule has 0 bridgehead atoms. The third-order valence-corrected chi connectivity index (χ3v) is 3.55. The standard InChI is InChI=1S/C18H28O2/c1-12(19)8-9-13-10-14(17(2,3)4)16(20)15(11-13)18(5,6)7/h10-11,20H,8-9H2,1-7H3. The molecule has 0 atom stereocenters. The Labute approximate surface area is 123 Å². The molecule has 0 aromatic heterocycles. The van der Waals surface area contributed by atoms with Crippen LogP contribution in [0.2, 0.25) is 0 Å². The number of phenolic OH excluding ortho intramolecular Hbond substituents is 1. The van der Waals surface area contributed by atoms with Crippen LogP contribution in [0.5, 0.6) is 5.75 Å². The summed E-state index contributed by atoms with van der Waals surface area (Å²) in [4.78, 5) is 11.2. The topological polar surface area (TPSA) is 37.3 Å². The molecule has 0 radical (unpaired) electrons. The van der Waals surface area contributed by atoms with Gasteiger partial charge in [-0.3, -0.25) is 0 Å². The molecule has 0 saturated carbocycles. The highest BCUT2D eigenvalue weighted by atomic mass is 16.3. The van der Waals surface area contributed by atoms with E-state index >= 15 is 0 Å². The number of phenols is 1. The lowest BCUT2D eigenvalue weighted by molar-refractivity contribution is -0.116. The Morgan fingerprint density at radius 2 is 1.40 bits per heavy atom. The summed E-state index contributed by atoms with van der Waals surface area (Å²) in [7, 11) is 0. The van der Waals surface area contributed by atoms with Crippen LogP contribution in [-0.2, 0) is 22.0 Å². The van der Waals surface area contributed by atoms with Crippen molar-refractivity contribution in [3.63, 3.8) is 0 Å². The maximum absolute atomic E-state index is 11.2. The molecule has 0 heterocycles.